The molecule has 5 nitrogen and oxygen atoms in total. The molecule has 2 saturated heterocycles. The molecular weight excluding hydrogens is 299 g/mol. The topological polar surface area (TPSA) is 55.3 Å². The van der Waals surface area contributed by atoms with Crippen molar-refractivity contribution >= 4 is 8.60 Å². The van der Waals surface area contributed by atoms with Gasteiger partial charge in [-0.15, -0.1) is 0 Å². The highest BCUT2D eigenvalue weighted by Gasteiger charge is 2.24. The van der Waals surface area contributed by atoms with Crippen LogP contribution in [0, 0.1) is 0 Å². The van der Waals surface area contributed by atoms with Gasteiger partial charge in [0.15, 0.2) is 0 Å². The van der Waals surface area contributed by atoms with E-state index in [1.165, 1.54) is 73.9 Å². The monoisotopic (exact) mass is 336 g/mol. The summed E-state index contributed by atoms with van der Waals surface area (Å²) in [5.41, 5.74) is 0. The summed E-state index contributed by atoms with van der Waals surface area (Å²) in [4.78, 5) is 18.8. The Morgan fingerprint density at radius 3 is 1.18 bits per heavy atom. The van der Waals surface area contributed by atoms with Crippen molar-refractivity contribution in [3.05, 3.63) is 0 Å². The second-order valence-electron chi connectivity index (χ2n) is 6.82. The van der Waals surface area contributed by atoms with E-state index in [1.807, 2.05) is 0 Å². The summed E-state index contributed by atoms with van der Waals surface area (Å²) in [6.45, 7) is 14.7. The van der Waals surface area contributed by atoms with Crippen LogP contribution in [0.4, 0.5) is 0 Å². The zero-order chi connectivity index (χ0) is 17.1. The molecule has 2 heterocycles. The van der Waals surface area contributed by atoms with Crippen molar-refractivity contribution in [3.63, 3.8) is 0 Å². The molecule has 0 aliphatic carbocycles. The van der Waals surface area contributed by atoms with Gasteiger partial charge in [-0.1, -0.05) is 0 Å². The summed E-state index contributed by atoms with van der Waals surface area (Å²) < 4.78 is 6.63. The van der Waals surface area contributed by atoms with Crippen LogP contribution < -0.4 is 9.79 Å². The normalized spacial score (nSPS) is 21.8. The molecule has 0 spiro atoms. The van der Waals surface area contributed by atoms with Crippen LogP contribution >= 0.6 is 8.60 Å². The van der Waals surface area contributed by atoms with E-state index in [9.17, 15) is 9.79 Å². The molecule has 0 aromatic rings. The molecule has 0 bridgehead atoms. The van der Waals surface area contributed by atoms with Gasteiger partial charge in [-0.25, -0.2) is 0 Å². The standard InChI is InChI=1S/2C7H16N.C2H5O3P/c2*1-3-8(2)6-4-5-7-8;1-2-5-6(3)4/h2*3-7H2,1-2H3;2H2,1H3/q2*+1;-2. The molecule has 0 unspecified atom stereocenters. The molecule has 22 heavy (non-hydrogen) atoms. The Morgan fingerprint density at radius 2 is 1.09 bits per heavy atom. The van der Waals surface area contributed by atoms with E-state index >= 15 is 0 Å². The maximum atomic E-state index is 9.41. The van der Waals surface area contributed by atoms with Gasteiger partial charge in [-0.3, -0.25) is 0 Å². The molecule has 0 radical (unpaired) electrons. The fourth-order valence-electron chi connectivity index (χ4n) is 2.94. The van der Waals surface area contributed by atoms with Crippen LogP contribution in [0.2, 0.25) is 0 Å². The molecule has 0 aromatic heterocycles. The number of rotatable bonds is 4. The first kappa shape index (κ1) is 22.2. The summed E-state index contributed by atoms with van der Waals surface area (Å²) in [7, 11) is 2.11. The van der Waals surface area contributed by atoms with Crippen LogP contribution in [0.3, 0.4) is 0 Å². The third kappa shape index (κ3) is 10.1. The van der Waals surface area contributed by atoms with Crippen LogP contribution in [0.15, 0.2) is 0 Å². The molecule has 0 atom stereocenters. The average Bonchev–Trinajstić information content (AvgIpc) is 3.11. The molecule has 2 aliphatic rings. The van der Waals surface area contributed by atoms with Crippen LogP contribution in [0.25, 0.3) is 0 Å². The van der Waals surface area contributed by atoms with Crippen LogP contribution in [-0.4, -0.2) is 68.9 Å². The Hall–Kier alpha value is 0.230. The fraction of sp³-hybridized carbons (Fsp3) is 1.00. The second kappa shape index (κ2) is 11.7. The van der Waals surface area contributed by atoms with Gasteiger partial charge in [0.25, 0.3) is 0 Å². The fourth-order valence-corrected chi connectivity index (χ4v) is 3.15. The van der Waals surface area contributed by atoms with Crippen LogP contribution in [0.1, 0.15) is 46.5 Å². The molecule has 134 valence electrons. The maximum absolute atomic E-state index is 9.41. The molecule has 2 rings (SSSR count). The summed E-state index contributed by atoms with van der Waals surface area (Å²) >= 11 is 0. The first-order valence-electron chi connectivity index (χ1n) is 8.75. The highest BCUT2D eigenvalue weighted by Crippen LogP contribution is 2.15. The van der Waals surface area contributed by atoms with Gasteiger partial charge in [0.05, 0.1) is 53.4 Å². The predicted molar refractivity (Wildman–Crippen MR) is 89.9 cm³/mol. The van der Waals surface area contributed by atoms with Crippen molar-refractivity contribution in [1.82, 2.24) is 0 Å². The Kier molecular flexibility index (Phi) is 11.8. The number of nitrogens with zero attached hydrogens (tertiary/aromatic N) is 2. The molecule has 0 saturated carbocycles. The second-order valence-corrected chi connectivity index (χ2v) is 7.53. The minimum absolute atomic E-state index is 0.235. The van der Waals surface area contributed by atoms with Gasteiger partial charge in [0.1, 0.15) is 0 Å². The Morgan fingerprint density at radius 1 is 0.773 bits per heavy atom. The summed E-state index contributed by atoms with van der Waals surface area (Å²) in [5, 5.41) is 0. The van der Waals surface area contributed by atoms with Gasteiger partial charge in [-0.05, 0) is 20.8 Å². The Balaban J connectivity index is 0.000000306. The Bertz CT molecular complexity index is 244. The summed E-state index contributed by atoms with van der Waals surface area (Å²) in [6, 6.07) is 0. The SMILES string of the molecule is CCOP([O-])[O-].CC[N+]1(C)CCCC1.CC[N+]1(C)CCCC1. The van der Waals surface area contributed by atoms with Gasteiger partial charge in [0.2, 0.25) is 0 Å². The van der Waals surface area contributed by atoms with Crippen LogP contribution in [-0.2, 0) is 4.52 Å². The Labute approximate surface area is 139 Å². The smallest absolute Gasteiger partial charge is 0.0786 e. The van der Waals surface area contributed by atoms with E-state index in [4.69, 9.17) is 0 Å². The molecular formula is C16H37N2O3P. The molecule has 2 aliphatic heterocycles. The molecule has 0 aromatic carbocycles. The third-order valence-corrected chi connectivity index (χ3v) is 5.52. The van der Waals surface area contributed by atoms with E-state index in [2.05, 4.69) is 32.5 Å². The highest BCUT2D eigenvalue weighted by atomic mass is 31.2. The third-order valence-electron chi connectivity index (χ3n) is 5.05. The molecule has 0 N–H and O–H groups in total. The lowest BCUT2D eigenvalue weighted by molar-refractivity contribution is -0.895. The van der Waals surface area contributed by atoms with Crippen molar-refractivity contribution < 1.29 is 23.3 Å². The van der Waals surface area contributed by atoms with Gasteiger partial charge in [-0.2, -0.15) is 8.60 Å². The minimum Gasteiger partial charge on any atom is -0.820 e. The maximum Gasteiger partial charge on any atom is 0.0786 e. The number of likely N-dealkylation sites (tertiary alicyclic amines) is 2. The number of hydrogen-bond donors (Lipinski definition) is 0. The van der Waals surface area contributed by atoms with Gasteiger partial charge >= 0.3 is 0 Å². The summed E-state index contributed by atoms with van der Waals surface area (Å²) in [5.74, 6) is 0. The van der Waals surface area contributed by atoms with E-state index < -0.39 is 8.60 Å². The van der Waals surface area contributed by atoms with Crippen molar-refractivity contribution in [2.45, 2.75) is 46.5 Å². The largest absolute Gasteiger partial charge is 0.820 e. The minimum atomic E-state index is -2.60. The molecule has 0 amide bonds. The van der Waals surface area contributed by atoms with Crippen molar-refractivity contribution in [3.8, 4) is 0 Å². The summed E-state index contributed by atoms with van der Waals surface area (Å²) in [6.07, 6.45) is 5.80. The lowest BCUT2D eigenvalue weighted by atomic mass is 10.4. The zero-order valence-corrected chi connectivity index (χ0v) is 16.2. The first-order valence-corrected chi connectivity index (χ1v) is 9.84. The first-order chi connectivity index (χ1) is 10.3. The lowest BCUT2D eigenvalue weighted by Crippen LogP contribution is -2.40. The van der Waals surface area contributed by atoms with E-state index in [0.717, 1.165) is 0 Å². The van der Waals surface area contributed by atoms with Crippen molar-refractivity contribution in [2.75, 3.05) is 60.0 Å². The number of quaternary nitrogens is 2. The zero-order valence-electron chi connectivity index (χ0n) is 15.3. The van der Waals surface area contributed by atoms with Crippen molar-refractivity contribution in [1.29, 1.82) is 0 Å². The van der Waals surface area contributed by atoms with Gasteiger partial charge < -0.3 is 23.3 Å². The highest BCUT2D eigenvalue weighted by molar-refractivity contribution is 7.36. The molecule has 2 fully saturated rings. The average molecular weight is 336 g/mol. The lowest BCUT2D eigenvalue weighted by Gasteiger charge is -2.27. The quantitative estimate of drug-likeness (QED) is 0.577. The van der Waals surface area contributed by atoms with Crippen molar-refractivity contribution in [2.24, 2.45) is 0 Å². The number of hydrogen-bond acceptors (Lipinski definition) is 3. The van der Waals surface area contributed by atoms with Gasteiger partial charge in [0, 0.05) is 32.3 Å². The van der Waals surface area contributed by atoms with Crippen LogP contribution in [0.5, 0.6) is 0 Å². The van der Waals surface area contributed by atoms with E-state index in [-0.39, 0.29) is 6.61 Å². The molecule has 6 heteroatoms. The predicted octanol–water partition coefficient (Wildman–Crippen LogP) is 1.46. The van der Waals surface area contributed by atoms with E-state index in [0.29, 0.717) is 0 Å². The van der Waals surface area contributed by atoms with E-state index in [1.54, 1.807) is 6.92 Å².